The van der Waals surface area contributed by atoms with Crippen LogP contribution in [0.2, 0.25) is 0 Å². The number of rotatable bonds is 10. The normalized spacial score (nSPS) is 10.7. The van der Waals surface area contributed by atoms with Gasteiger partial charge in [-0.25, -0.2) is 0 Å². The van der Waals surface area contributed by atoms with Gasteiger partial charge in [-0.15, -0.1) is 0 Å². The Balaban J connectivity index is 2.38. The van der Waals surface area contributed by atoms with Crippen LogP contribution in [0.25, 0.3) is 0 Å². The Labute approximate surface area is 116 Å². The fourth-order valence-electron chi connectivity index (χ4n) is 1.94. The van der Waals surface area contributed by atoms with Gasteiger partial charge in [0.25, 0.3) is 0 Å². The summed E-state index contributed by atoms with van der Waals surface area (Å²) in [5, 5.41) is 3.18. The highest BCUT2D eigenvalue weighted by molar-refractivity contribution is 5.39. The van der Waals surface area contributed by atoms with E-state index in [4.69, 9.17) is 9.47 Å². The van der Waals surface area contributed by atoms with Crippen molar-refractivity contribution in [1.82, 2.24) is 10.2 Å². The second-order valence-electron chi connectivity index (χ2n) is 4.44. The van der Waals surface area contributed by atoms with E-state index in [1.165, 1.54) is 6.42 Å². The molecule has 0 aliphatic carbocycles. The second-order valence-corrected chi connectivity index (χ2v) is 4.44. The van der Waals surface area contributed by atoms with Crippen molar-refractivity contribution in [3.05, 3.63) is 24.3 Å². The van der Waals surface area contributed by atoms with Gasteiger partial charge in [-0.3, -0.25) is 4.90 Å². The molecule has 0 heterocycles. The van der Waals surface area contributed by atoms with Crippen LogP contribution < -0.4 is 14.8 Å². The summed E-state index contributed by atoms with van der Waals surface area (Å²) in [7, 11) is 3.65. The number of nitrogens with zero attached hydrogens (tertiary/aromatic N) is 1. The van der Waals surface area contributed by atoms with Crippen LogP contribution in [0.5, 0.6) is 11.5 Å². The summed E-state index contributed by atoms with van der Waals surface area (Å²) in [5.74, 6) is 1.61. The van der Waals surface area contributed by atoms with Gasteiger partial charge >= 0.3 is 0 Å². The Kier molecular flexibility index (Phi) is 8.02. The predicted molar refractivity (Wildman–Crippen MR) is 79.1 cm³/mol. The van der Waals surface area contributed by atoms with Gasteiger partial charge in [0.2, 0.25) is 0 Å². The first-order valence-corrected chi connectivity index (χ1v) is 6.94. The molecule has 1 aromatic carbocycles. The minimum absolute atomic E-state index is 0.685. The van der Waals surface area contributed by atoms with Crippen molar-refractivity contribution in [2.75, 3.05) is 46.9 Å². The molecule has 0 bridgehead atoms. The van der Waals surface area contributed by atoms with Gasteiger partial charge < -0.3 is 14.8 Å². The zero-order valence-electron chi connectivity index (χ0n) is 12.3. The van der Waals surface area contributed by atoms with Crippen LogP contribution in [0.15, 0.2) is 24.3 Å². The van der Waals surface area contributed by atoms with E-state index < -0.39 is 0 Å². The van der Waals surface area contributed by atoms with Gasteiger partial charge in [0.15, 0.2) is 11.5 Å². The van der Waals surface area contributed by atoms with Crippen LogP contribution >= 0.6 is 0 Å². The summed E-state index contributed by atoms with van der Waals surface area (Å²) < 4.78 is 11.1. The smallest absolute Gasteiger partial charge is 0.161 e. The highest BCUT2D eigenvalue weighted by Gasteiger charge is 2.05. The number of hydrogen-bond donors (Lipinski definition) is 1. The molecule has 1 rings (SSSR count). The lowest BCUT2D eigenvalue weighted by atomic mass is 10.3. The third kappa shape index (κ3) is 5.94. The molecule has 19 heavy (non-hydrogen) atoms. The Hall–Kier alpha value is -1.26. The molecule has 0 saturated heterocycles. The van der Waals surface area contributed by atoms with Crippen LogP contribution in [-0.4, -0.2) is 51.8 Å². The first-order chi connectivity index (χ1) is 9.31. The van der Waals surface area contributed by atoms with Gasteiger partial charge in [0.05, 0.1) is 7.11 Å². The van der Waals surface area contributed by atoms with Gasteiger partial charge in [0.1, 0.15) is 6.61 Å². The van der Waals surface area contributed by atoms with E-state index in [1.807, 2.05) is 31.3 Å². The lowest BCUT2D eigenvalue weighted by Crippen LogP contribution is -2.34. The van der Waals surface area contributed by atoms with Crippen LogP contribution in [-0.2, 0) is 0 Å². The molecule has 0 amide bonds. The monoisotopic (exact) mass is 266 g/mol. The second kappa shape index (κ2) is 9.64. The summed E-state index contributed by atoms with van der Waals surface area (Å²) >= 11 is 0. The van der Waals surface area contributed by atoms with Crippen LogP contribution in [0.1, 0.15) is 13.3 Å². The topological polar surface area (TPSA) is 33.7 Å². The number of hydrogen-bond acceptors (Lipinski definition) is 4. The molecule has 0 atom stereocenters. The molecule has 0 aliphatic heterocycles. The maximum Gasteiger partial charge on any atom is 0.161 e. The summed E-state index contributed by atoms with van der Waals surface area (Å²) in [6.07, 6.45) is 1.17. The van der Waals surface area contributed by atoms with E-state index in [0.717, 1.165) is 37.7 Å². The molecule has 4 heteroatoms. The average Bonchev–Trinajstić information content (AvgIpc) is 2.45. The quantitative estimate of drug-likeness (QED) is 0.702. The van der Waals surface area contributed by atoms with Crippen molar-refractivity contribution >= 4 is 0 Å². The number of para-hydroxylation sites is 2. The fraction of sp³-hybridized carbons (Fsp3) is 0.600. The maximum atomic E-state index is 5.80. The lowest BCUT2D eigenvalue weighted by Gasteiger charge is -2.21. The van der Waals surface area contributed by atoms with Crippen molar-refractivity contribution in [3.8, 4) is 11.5 Å². The van der Waals surface area contributed by atoms with Crippen LogP contribution in [0.3, 0.4) is 0 Å². The van der Waals surface area contributed by atoms with Gasteiger partial charge in [0, 0.05) is 19.6 Å². The Morgan fingerprint density at radius 2 is 1.84 bits per heavy atom. The summed E-state index contributed by atoms with van der Waals surface area (Å²) in [5.41, 5.74) is 0. The third-order valence-electron chi connectivity index (χ3n) is 2.95. The average molecular weight is 266 g/mol. The standard InChI is InChI=1S/C15H26N2O2/c1-4-10-17(11-9-16-2)12-13-19-15-8-6-5-7-14(15)18-3/h5-8,16H,4,9-13H2,1-3H3. The molecule has 0 fully saturated rings. The molecule has 0 aliphatic rings. The first kappa shape index (κ1) is 15.8. The van der Waals surface area contributed by atoms with Crippen LogP contribution in [0.4, 0.5) is 0 Å². The van der Waals surface area contributed by atoms with E-state index >= 15 is 0 Å². The number of benzene rings is 1. The van der Waals surface area contributed by atoms with E-state index in [0.29, 0.717) is 6.61 Å². The maximum absolute atomic E-state index is 5.80. The minimum atomic E-state index is 0.685. The number of ether oxygens (including phenoxy) is 2. The Bertz CT molecular complexity index is 345. The fourth-order valence-corrected chi connectivity index (χ4v) is 1.94. The Morgan fingerprint density at radius 3 is 2.47 bits per heavy atom. The zero-order chi connectivity index (χ0) is 13.9. The summed E-state index contributed by atoms with van der Waals surface area (Å²) in [4.78, 5) is 2.41. The number of nitrogens with one attached hydrogen (secondary N) is 1. The summed E-state index contributed by atoms with van der Waals surface area (Å²) in [6.45, 7) is 7.00. The van der Waals surface area contributed by atoms with Gasteiger partial charge in [-0.05, 0) is 32.1 Å². The summed E-state index contributed by atoms with van der Waals surface area (Å²) in [6, 6.07) is 7.77. The predicted octanol–water partition coefficient (Wildman–Crippen LogP) is 2.01. The molecule has 0 unspecified atom stereocenters. The lowest BCUT2D eigenvalue weighted by molar-refractivity contribution is 0.205. The first-order valence-electron chi connectivity index (χ1n) is 6.94. The largest absolute Gasteiger partial charge is 0.493 e. The number of likely N-dealkylation sites (N-methyl/N-ethyl adjacent to an activating group) is 1. The molecule has 108 valence electrons. The van der Waals surface area contributed by atoms with Crippen LogP contribution in [0, 0.1) is 0 Å². The molecular weight excluding hydrogens is 240 g/mol. The third-order valence-corrected chi connectivity index (χ3v) is 2.95. The molecule has 1 N–H and O–H groups in total. The van der Waals surface area contributed by atoms with E-state index in [9.17, 15) is 0 Å². The number of methoxy groups -OCH3 is 1. The highest BCUT2D eigenvalue weighted by Crippen LogP contribution is 2.25. The van der Waals surface area contributed by atoms with Crippen molar-refractivity contribution in [2.45, 2.75) is 13.3 Å². The molecule has 0 radical (unpaired) electrons. The molecule has 0 spiro atoms. The van der Waals surface area contributed by atoms with Crippen molar-refractivity contribution in [3.63, 3.8) is 0 Å². The zero-order valence-corrected chi connectivity index (χ0v) is 12.3. The molecule has 4 nitrogen and oxygen atoms in total. The molecule has 0 saturated carbocycles. The minimum Gasteiger partial charge on any atom is -0.493 e. The molecule has 1 aromatic rings. The highest BCUT2D eigenvalue weighted by atomic mass is 16.5. The molecule has 0 aromatic heterocycles. The Morgan fingerprint density at radius 1 is 1.11 bits per heavy atom. The SMILES string of the molecule is CCCN(CCNC)CCOc1ccccc1OC. The van der Waals surface area contributed by atoms with Crippen molar-refractivity contribution in [1.29, 1.82) is 0 Å². The van der Waals surface area contributed by atoms with Crippen molar-refractivity contribution < 1.29 is 9.47 Å². The molecular formula is C15H26N2O2. The van der Waals surface area contributed by atoms with E-state index in [1.54, 1.807) is 7.11 Å². The van der Waals surface area contributed by atoms with Gasteiger partial charge in [-0.1, -0.05) is 19.1 Å². The van der Waals surface area contributed by atoms with E-state index in [-0.39, 0.29) is 0 Å². The van der Waals surface area contributed by atoms with E-state index in [2.05, 4.69) is 17.1 Å². The van der Waals surface area contributed by atoms with Gasteiger partial charge in [-0.2, -0.15) is 0 Å². The van der Waals surface area contributed by atoms with Crippen molar-refractivity contribution in [2.24, 2.45) is 0 Å².